The molecule has 3 aromatic rings. The number of likely N-dealkylation sites (tertiary alicyclic amines) is 1. The van der Waals surface area contributed by atoms with Crippen molar-refractivity contribution >= 4 is 28.1 Å². The first-order valence-electron chi connectivity index (χ1n) is 8.52. The number of aromatic nitrogens is 1. The molecule has 0 aliphatic carbocycles. The fourth-order valence-corrected chi connectivity index (χ4v) is 3.59. The lowest BCUT2D eigenvalue weighted by molar-refractivity contribution is 0.328. The summed E-state index contributed by atoms with van der Waals surface area (Å²) in [7, 11) is 0. The highest BCUT2D eigenvalue weighted by atomic mass is 35.5. The smallest absolute Gasteiger partial charge is 0.255 e. The van der Waals surface area contributed by atoms with Crippen molar-refractivity contribution in [1.82, 2.24) is 9.88 Å². The fraction of sp³-hybridized carbons (Fsp3) is 0.250. The van der Waals surface area contributed by atoms with Crippen LogP contribution in [0.2, 0.25) is 5.02 Å². The molecule has 1 fully saturated rings. The highest BCUT2D eigenvalue weighted by Crippen LogP contribution is 2.21. The van der Waals surface area contributed by atoms with Gasteiger partial charge in [-0.3, -0.25) is 9.69 Å². The largest absolute Gasteiger partial charge is 0.381 e. The maximum Gasteiger partial charge on any atom is 0.255 e. The van der Waals surface area contributed by atoms with Crippen LogP contribution in [0, 0.1) is 0 Å². The minimum Gasteiger partial charge on any atom is -0.381 e. The van der Waals surface area contributed by atoms with Gasteiger partial charge >= 0.3 is 0 Å². The summed E-state index contributed by atoms with van der Waals surface area (Å²) >= 11 is 5.95. The number of rotatable bonds is 4. The van der Waals surface area contributed by atoms with E-state index in [0.717, 1.165) is 47.5 Å². The lowest BCUT2D eigenvalue weighted by Crippen LogP contribution is -2.26. The predicted molar refractivity (Wildman–Crippen MR) is 103 cm³/mol. The fourth-order valence-electron chi connectivity index (χ4n) is 3.46. The van der Waals surface area contributed by atoms with Crippen molar-refractivity contribution in [1.29, 1.82) is 0 Å². The summed E-state index contributed by atoms with van der Waals surface area (Å²) in [6.45, 7) is 3.03. The Hall–Kier alpha value is -2.30. The highest BCUT2D eigenvalue weighted by molar-refractivity contribution is 6.30. The van der Waals surface area contributed by atoms with Crippen LogP contribution in [-0.4, -0.2) is 29.0 Å². The van der Waals surface area contributed by atoms with Gasteiger partial charge in [0.15, 0.2) is 0 Å². The second kappa shape index (κ2) is 6.90. The third-order valence-corrected chi connectivity index (χ3v) is 4.99. The third kappa shape index (κ3) is 3.70. The Kier molecular flexibility index (Phi) is 4.47. The molecule has 2 N–H and O–H groups in total. The first-order valence-corrected chi connectivity index (χ1v) is 8.90. The molecule has 0 saturated carbocycles. The van der Waals surface area contributed by atoms with Crippen LogP contribution in [0.4, 0.5) is 5.69 Å². The van der Waals surface area contributed by atoms with Gasteiger partial charge in [-0.15, -0.1) is 0 Å². The van der Waals surface area contributed by atoms with Crippen LogP contribution in [0.15, 0.2) is 59.5 Å². The highest BCUT2D eigenvalue weighted by Gasteiger charge is 2.22. The molecule has 1 saturated heterocycles. The lowest BCUT2D eigenvalue weighted by atomic mass is 10.1. The second-order valence-electron chi connectivity index (χ2n) is 6.60. The topological polar surface area (TPSA) is 48.1 Å². The van der Waals surface area contributed by atoms with Crippen LogP contribution >= 0.6 is 11.6 Å². The number of halogens is 1. The molecule has 0 amide bonds. The van der Waals surface area contributed by atoms with Gasteiger partial charge in [0.25, 0.3) is 5.56 Å². The number of hydrogen-bond donors (Lipinski definition) is 2. The van der Waals surface area contributed by atoms with E-state index in [2.05, 4.69) is 27.3 Å². The van der Waals surface area contributed by atoms with E-state index in [9.17, 15) is 4.79 Å². The number of aromatic amines is 1. The van der Waals surface area contributed by atoms with Gasteiger partial charge in [-0.2, -0.15) is 0 Å². The van der Waals surface area contributed by atoms with Crippen LogP contribution in [0.3, 0.4) is 0 Å². The van der Waals surface area contributed by atoms with Crippen molar-refractivity contribution in [3.8, 4) is 0 Å². The molecule has 0 radical (unpaired) electrons. The van der Waals surface area contributed by atoms with E-state index >= 15 is 0 Å². The molecule has 1 aliphatic rings. The number of hydrogen-bond acceptors (Lipinski definition) is 3. The average molecular weight is 354 g/mol. The monoisotopic (exact) mass is 353 g/mol. The standard InChI is InChI=1S/C20H20ClN3O/c21-16-3-1-14(2-4-16)12-24-10-8-18(13-24)23-17-5-6-19-15(11-17)7-9-22-20(19)25/h1-7,9,11,18,23H,8,10,12-13H2,(H,22,25)/t18-/m0/s1. The predicted octanol–water partition coefficient (Wildman–Crippen LogP) is 3.87. The van der Waals surface area contributed by atoms with Gasteiger partial charge in [-0.25, -0.2) is 0 Å². The molecular weight excluding hydrogens is 334 g/mol. The zero-order valence-corrected chi connectivity index (χ0v) is 14.6. The summed E-state index contributed by atoms with van der Waals surface area (Å²) in [5.41, 5.74) is 2.31. The van der Waals surface area contributed by atoms with E-state index < -0.39 is 0 Å². The molecule has 2 heterocycles. The van der Waals surface area contributed by atoms with E-state index in [1.807, 2.05) is 36.4 Å². The zero-order valence-electron chi connectivity index (χ0n) is 13.8. The molecule has 4 nitrogen and oxygen atoms in total. The third-order valence-electron chi connectivity index (χ3n) is 4.74. The van der Waals surface area contributed by atoms with E-state index in [1.165, 1.54) is 5.56 Å². The van der Waals surface area contributed by atoms with Crippen LogP contribution in [0.1, 0.15) is 12.0 Å². The van der Waals surface area contributed by atoms with E-state index in [1.54, 1.807) is 6.20 Å². The Morgan fingerprint density at radius 2 is 2.00 bits per heavy atom. The molecule has 5 heteroatoms. The lowest BCUT2D eigenvalue weighted by Gasteiger charge is -2.18. The first-order chi connectivity index (χ1) is 12.2. The van der Waals surface area contributed by atoms with Gasteiger partial charge in [-0.1, -0.05) is 23.7 Å². The van der Waals surface area contributed by atoms with Crippen molar-refractivity contribution in [2.24, 2.45) is 0 Å². The number of benzene rings is 2. The molecule has 2 aromatic carbocycles. The number of nitrogens with one attached hydrogen (secondary N) is 2. The molecule has 0 bridgehead atoms. The van der Waals surface area contributed by atoms with Gasteiger partial charge in [0, 0.05) is 48.0 Å². The van der Waals surface area contributed by atoms with Crippen LogP contribution in [0.25, 0.3) is 10.8 Å². The Morgan fingerprint density at radius 3 is 2.84 bits per heavy atom. The first kappa shape index (κ1) is 16.2. The maximum absolute atomic E-state index is 11.8. The zero-order chi connectivity index (χ0) is 17.2. The van der Waals surface area contributed by atoms with Crippen LogP contribution in [0.5, 0.6) is 0 Å². The molecule has 128 valence electrons. The number of anilines is 1. The normalized spacial score (nSPS) is 17.9. The van der Waals surface area contributed by atoms with E-state index in [4.69, 9.17) is 11.6 Å². The molecule has 4 rings (SSSR count). The molecule has 0 unspecified atom stereocenters. The van der Waals surface area contributed by atoms with Crippen molar-refractivity contribution in [2.75, 3.05) is 18.4 Å². The summed E-state index contributed by atoms with van der Waals surface area (Å²) in [6.07, 6.45) is 2.80. The average Bonchev–Trinajstić information content (AvgIpc) is 3.04. The quantitative estimate of drug-likeness (QED) is 0.748. The number of H-pyrrole nitrogens is 1. The summed E-state index contributed by atoms with van der Waals surface area (Å²) in [6, 6.07) is 16.3. The molecule has 1 atom stereocenters. The molecule has 1 aromatic heterocycles. The number of nitrogens with zero attached hydrogens (tertiary/aromatic N) is 1. The molecule has 25 heavy (non-hydrogen) atoms. The van der Waals surface area contributed by atoms with Crippen molar-refractivity contribution < 1.29 is 0 Å². The van der Waals surface area contributed by atoms with E-state index in [-0.39, 0.29) is 5.56 Å². The molecule has 1 aliphatic heterocycles. The van der Waals surface area contributed by atoms with Crippen molar-refractivity contribution in [3.05, 3.63) is 75.7 Å². The Balaban J connectivity index is 1.40. The number of pyridine rings is 1. The van der Waals surface area contributed by atoms with Crippen LogP contribution < -0.4 is 10.9 Å². The van der Waals surface area contributed by atoms with Crippen molar-refractivity contribution in [3.63, 3.8) is 0 Å². The van der Waals surface area contributed by atoms with E-state index in [0.29, 0.717) is 6.04 Å². The summed E-state index contributed by atoms with van der Waals surface area (Å²) in [5.74, 6) is 0. The van der Waals surface area contributed by atoms with Gasteiger partial charge in [0.2, 0.25) is 0 Å². The summed E-state index contributed by atoms with van der Waals surface area (Å²) in [5, 5.41) is 6.07. The minimum absolute atomic E-state index is 0.0425. The van der Waals surface area contributed by atoms with Crippen LogP contribution in [-0.2, 0) is 6.54 Å². The van der Waals surface area contributed by atoms with Gasteiger partial charge in [0.05, 0.1) is 0 Å². The Bertz CT molecular complexity index is 936. The van der Waals surface area contributed by atoms with Crippen molar-refractivity contribution in [2.45, 2.75) is 19.0 Å². The second-order valence-corrected chi connectivity index (χ2v) is 7.04. The summed E-state index contributed by atoms with van der Waals surface area (Å²) in [4.78, 5) is 16.9. The number of fused-ring (bicyclic) bond motifs is 1. The minimum atomic E-state index is -0.0425. The SMILES string of the molecule is O=c1[nH]ccc2cc(N[C@H]3CCN(Cc4ccc(Cl)cc4)C3)ccc12. The van der Waals surface area contributed by atoms with Gasteiger partial charge < -0.3 is 10.3 Å². The Labute approximate surface area is 151 Å². The Morgan fingerprint density at radius 1 is 1.16 bits per heavy atom. The van der Waals surface area contributed by atoms with Gasteiger partial charge in [0.1, 0.15) is 0 Å². The van der Waals surface area contributed by atoms with Gasteiger partial charge in [-0.05, 0) is 53.8 Å². The maximum atomic E-state index is 11.8. The molecular formula is C20H20ClN3O. The summed E-state index contributed by atoms with van der Waals surface area (Å²) < 4.78 is 0. The molecule has 0 spiro atoms.